The molecule has 0 atom stereocenters. The lowest BCUT2D eigenvalue weighted by Crippen LogP contribution is -2.08. The first-order valence-electron chi connectivity index (χ1n) is 9.89. The summed E-state index contributed by atoms with van der Waals surface area (Å²) >= 11 is 0. The number of phenolic OH excluding ortho intramolecular Hbond substituents is 2. The molecule has 0 radical (unpaired) electrons. The largest absolute Gasteiger partial charge is 0.508 e. The normalized spacial score (nSPS) is 10.8. The quantitative estimate of drug-likeness (QED) is 0.440. The van der Waals surface area contributed by atoms with Crippen molar-refractivity contribution in [1.29, 1.82) is 0 Å². The molecule has 0 aliphatic carbocycles. The van der Waals surface area contributed by atoms with E-state index < -0.39 is 11.2 Å². The van der Waals surface area contributed by atoms with Gasteiger partial charge < -0.3 is 33.6 Å². The lowest BCUT2D eigenvalue weighted by molar-refractivity contribution is 0.324. The van der Waals surface area contributed by atoms with Crippen LogP contribution in [0.1, 0.15) is 0 Å². The Bertz CT molecular complexity index is 1360. The second kappa shape index (κ2) is 8.66. The number of phenols is 2. The number of aromatic hydroxyl groups is 2. The molecule has 1 heterocycles. The topological polar surface area (TPSA) is 108 Å². The molecule has 0 aliphatic heterocycles. The van der Waals surface area contributed by atoms with Gasteiger partial charge in [0.25, 0.3) is 0 Å². The molecule has 0 amide bonds. The van der Waals surface area contributed by atoms with Crippen molar-refractivity contribution < 1.29 is 33.6 Å². The van der Waals surface area contributed by atoms with Gasteiger partial charge in [-0.15, -0.1) is 0 Å². The highest BCUT2D eigenvalue weighted by Crippen LogP contribution is 2.44. The number of methoxy groups -OCH3 is 4. The van der Waals surface area contributed by atoms with Gasteiger partial charge in [0.2, 0.25) is 11.2 Å². The minimum absolute atomic E-state index is 0.0412. The zero-order valence-corrected chi connectivity index (χ0v) is 18.5. The number of benzene rings is 3. The molecule has 170 valence electrons. The summed E-state index contributed by atoms with van der Waals surface area (Å²) in [5, 5.41) is 20.3. The molecule has 3 aromatic carbocycles. The van der Waals surface area contributed by atoms with Crippen molar-refractivity contribution in [2.45, 2.75) is 0 Å². The summed E-state index contributed by atoms with van der Waals surface area (Å²) in [7, 11) is 5.99. The second-order valence-corrected chi connectivity index (χ2v) is 7.12. The number of hydrogen-bond donors (Lipinski definition) is 2. The van der Waals surface area contributed by atoms with Crippen LogP contribution < -0.4 is 24.4 Å². The van der Waals surface area contributed by atoms with Gasteiger partial charge in [-0.3, -0.25) is 4.79 Å². The summed E-state index contributed by atoms with van der Waals surface area (Å²) in [6, 6.07) is 12.6. The molecular weight excluding hydrogens is 428 g/mol. The first-order valence-corrected chi connectivity index (χ1v) is 9.89. The van der Waals surface area contributed by atoms with Crippen molar-refractivity contribution in [3.63, 3.8) is 0 Å². The number of hydrogen-bond acceptors (Lipinski definition) is 8. The van der Waals surface area contributed by atoms with Crippen molar-refractivity contribution in [2.24, 2.45) is 0 Å². The fourth-order valence-electron chi connectivity index (χ4n) is 3.72. The van der Waals surface area contributed by atoms with Gasteiger partial charge >= 0.3 is 0 Å². The third kappa shape index (κ3) is 3.76. The highest BCUT2D eigenvalue weighted by atomic mass is 16.5. The minimum Gasteiger partial charge on any atom is -0.508 e. The van der Waals surface area contributed by atoms with E-state index in [-0.39, 0.29) is 28.0 Å². The van der Waals surface area contributed by atoms with Crippen LogP contribution in [0.25, 0.3) is 33.4 Å². The van der Waals surface area contributed by atoms with E-state index in [1.165, 1.54) is 27.4 Å². The van der Waals surface area contributed by atoms with Gasteiger partial charge in [0.15, 0.2) is 11.5 Å². The van der Waals surface area contributed by atoms with Crippen molar-refractivity contribution in [3.05, 3.63) is 58.8 Å². The van der Waals surface area contributed by atoms with Crippen molar-refractivity contribution in [2.75, 3.05) is 28.4 Å². The van der Waals surface area contributed by atoms with Crippen LogP contribution in [0.2, 0.25) is 0 Å². The Morgan fingerprint density at radius 2 is 1.39 bits per heavy atom. The summed E-state index contributed by atoms with van der Waals surface area (Å²) in [4.78, 5) is 13.7. The molecule has 0 fully saturated rings. The SMILES string of the molecule is COc1ccc(-c2oc3cc(O)cc(O)c3c(=O)c2-c2cc(OC)c(OC)c(OC)c2)cc1. The average molecular weight is 450 g/mol. The van der Waals surface area contributed by atoms with Crippen molar-refractivity contribution >= 4 is 11.0 Å². The molecule has 0 spiro atoms. The number of rotatable bonds is 6. The van der Waals surface area contributed by atoms with Gasteiger partial charge in [0.1, 0.15) is 34.0 Å². The van der Waals surface area contributed by atoms with E-state index in [1.54, 1.807) is 43.5 Å². The lowest BCUT2D eigenvalue weighted by atomic mass is 9.97. The summed E-state index contributed by atoms with van der Waals surface area (Å²) in [5.74, 6) is 1.30. The Labute approximate surface area is 189 Å². The van der Waals surface area contributed by atoms with Crippen LogP contribution in [0, 0.1) is 0 Å². The summed E-state index contributed by atoms with van der Waals surface area (Å²) in [6.07, 6.45) is 0. The van der Waals surface area contributed by atoms with Crippen LogP contribution in [0.3, 0.4) is 0 Å². The average Bonchev–Trinajstić information content (AvgIpc) is 2.82. The van der Waals surface area contributed by atoms with E-state index in [1.807, 2.05) is 0 Å². The standard InChI is InChI=1S/C25H22O8/c1-29-16-7-5-13(6-8-16)24-21(14-9-19(30-2)25(32-4)20(10-14)31-3)23(28)22-17(27)11-15(26)12-18(22)33-24/h5-12,26-27H,1-4H3. The van der Waals surface area contributed by atoms with Crippen LogP contribution in [-0.4, -0.2) is 38.7 Å². The Morgan fingerprint density at radius 3 is 1.94 bits per heavy atom. The Hall–Kier alpha value is -4.33. The predicted molar refractivity (Wildman–Crippen MR) is 123 cm³/mol. The fraction of sp³-hybridized carbons (Fsp3) is 0.160. The molecule has 0 unspecified atom stereocenters. The summed E-state index contributed by atoms with van der Waals surface area (Å²) in [6.45, 7) is 0. The Balaban J connectivity index is 2.12. The zero-order valence-electron chi connectivity index (χ0n) is 18.5. The van der Waals surface area contributed by atoms with Crippen LogP contribution >= 0.6 is 0 Å². The fourth-order valence-corrected chi connectivity index (χ4v) is 3.72. The molecule has 0 saturated heterocycles. The molecule has 8 heteroatoms. The maximum absolute atomic E-state index is 13.7. The zero-order chi connectivity index (χ0) is 23.7. The highest BCUT2D eigenvalue weighted by molar-refractivity contribution is 5.93. The van der Waals surface area contributed by atoms with Crippen LogP contribution in [0.5, 0.6) is 34.5 Å². The molecule has 2 N–H and O–H groups in total. The maximum atomic E-state index is 13.7. The van der Waals surface area contributed by atoms with Crippen molar-refractivity contribution in [3.8, 4) is 56.9 Å². The predicted octanol–water partition coefficient (Wildman–Crippen LogP) is 4.57. The third-order valence-electron chi connectivity index (χ3n) is 5.26. The van der Waals surface area contributed by atoms with Gasteiger partial charge in [0.05, 0.1) is 34.0 Å². The van der Waals surface area contributed by atoms with Crippen molar-refractivity contribution in [1.82, 2.24) is 0 Å². The van der Waals surface area contributed by atoms with Crippen LogP contribution in [0.4, 0.5) is 0 Å². The molecule has 0 aliphatic rings. The van der Waals surface area contributed by atoms with E-state index in [2.05, 4.69) is 0 Å². The third-order valence-corrected chi connectivity index (χ3v) is 5.26. The smallest absolute Gasteiger partial charge is 0.204 e. The minimum atomic E-state index is -0.492. The molecule has 8 nitrogen and oxygen atoms in total. The summed E-state index contributed by atoms with van der Waals surface area (Å²) < 4.78 is 27.6. The summed E-state index contributed by atoms with van der Waals surface area (Å²) in [5.41, 5.74) is 0.737. The maximum Gasteiger partial charge on any atom is 0.204 e. The van der Waals surface area contributed by atoms with Gasteiger partial charge in [0, 0.05) is 17.7 Å². The first kappa shape index (κ1) is 21.9. The van der Waals surface area contributed by atoms with E-state index >= 15 is 0 Å². The monoisotopic (exact) mass is 450 g/mol. The molecule has 1 aromatic heterocycles. The Kier molecular flexibility index (Phi) is 5.74. The molecule has 4 rings (SSSR count). The number of ether oxygens (including phenoxy) is 4. The van der Waals surface area contributed by atoms with Gasteiger partial charge in [-0.05, 0) is 42.0 Å². The van der Waals surface area contributed by atoms with Gasteiger partial charge in [-0.25, -0.2) is 0 Å². The van der Waals surface area contributed by atoms with Gasteiger partial charge in [-0.2, -0.15) is 0 Å². The highest BCUT2D eigenvalue weighted by Gasteiger charge is 2.23. The first-order chi connectivity index (χ1) is 15.9. The molecule has 0 saturated carbocycles. The second-order valence-electron chi connectivity index (χ2n) is 7.12. The molecule has 0 bridgehead atoms. The number of fused-ring (bicyclic) bond motifs is 1. The van der Waals surface area contributed by atoms with Crippen LogP contribution in [-0.2, 0) is 0 Å². The van der Waals surface area contributed by atoms with E-state index in [0.29, 0.717) is 34.1 Å². The van der Waals surface area contributed by atoms with E-state index in [9.17, 15) is 15.0 Å². The van der Waals surface area contributed by atoms with E-state index in [4.69, 9.17) is 23.4 Å². The lowest BCUT2D eigenvalue weighted by Gasteiger charge is -2.16. The Morgan fingerprint density at radius 1 is 0.758 bits per heavy atom. The van der Waals surface area contributed by atoms with Crippen LogP contribution in [0.15, 0.2) is 57.7 Å². The van der Waals surface area contributed by atoms with Gasteiger partial charge in [-0.1, -0.05) is 0 Å². The molecule has 33 heavy (non-hydrogen) atoms. The molecular formula is C25H22O8. The molecule has 4 aromatic rings. The van der Waals surface area contributed by atoms with E-state index in [0.717, 1.165) is 6.07 Å².